The Morgan fingerprint density at radius 2 is 1.96 bits per heavy atom. The van der Waals surface area contributed by atoms with Gasteiger partial charge in [-0.2, -0.15) is 0 Å². The summed E-state index contributed by atoms with van der Waals surface area (Å²) >= 11 is 0. The number of hydrogen-bond acceptors (Lipinski definition) is 2. The summed E-state index contributed by atoms with van der Waals surface area (Å²) in [5, 5.41) is 3.87. The first-order valence-electron chi connectivity index (χ1n) is 10.6. The van der Waals surface area contributed by atoms with E-state index in [9.17, 15) is 0 Å². The van der Waals surface area contributed by atoms with Gasteiger partial charge in [-0.3, -0.25) is 0 Å². The van der Waals surface area contributed by atoms with Crippen molar-refractivity contribution < 1.29 is 4.74 Å². The first kappa shape index (κ1) is 18.5. The highest BCUT2D eigenvalue weighted by atomic mass is 16.5. The molecule has 3 aliphatic rings. The fourth-order valence-corrected chi connectivity index (χ4v) is 5.61. The Hall–Kier alpha value is -0.340. The molecule has 1 spiro atoms. The number of rotatable bonds is 7. The summed E-state index contributed by atoms with van der Waals surface area (Å²) in [7, 11) is 1.84. The van der Waals surface area contributed by atoms with Gasteiger partial charge >= 0.3 is 0 Å². The molecule has 24 heavy (non-hydrogen) atoms. The van der Waals surface area contributed by atoms with E-state index in [-0.39, 0.29) is 0 Å². The first-order valence-corrected chi connectivity index (χ1v) is 10.6. The fourth-order valence-electron chi connectivity index (χ4n) is 5.61. The maximum atomic E-state index is 5.45. The Kier molecular flexibility index (Phi) is 6.43. The highest BCUT2D eigenvalue weighted by Gasteiger charge is 2.40. The lowest BCUT2D eigenvalue weighted by Gasteiger charge is -2.42. The van der Waals surface area contributed by atoms with Crippen molar-refractivity contribution in [2.24, 2.45) is 11.3 Å². The van der Waals surface area contributed by atoms with Gasteiger partial charge in [-0.1, -0.05) is 37.3 Å². The number of nitrogens with one attached hydrogen (secondary N) is 1. The SMILES string of the molecule is CCC(CCC(C)OC)CC1NCCC2=C1CCC1(CCCC1)C2. The normalized spacial score (nSPS) is 28.9. The van der Waals surface area contributed by atoms with Crippen LogP contribution in [0.15, 0.2) is 11.1 Å². The Balaban J connectivity index is 1.61. The van der Waals surface area contributed by atoms with Gasteiger partial charge in [-0.05, 0) is 82.6 Å². The van der Waals surface area contributed by atoms with Gasteiger partial charge in [0.1, 0.15) is 0 Å². The average Bonchev–Trinajstić information content (AvgIpc) is 3.05. The summed E-state index contributed by atoms with van der Waals surface area (Å²) in [4.78, 5) is 0. The van der Waals surface area contributed by atoms with Crippen LogP contribution >= 0.6 is 0 Å². The summed E-state index contributed by atoms with van der Waals surface area (Å²) < 4.78 is 5.45. The van der Waals surface area contributed by atoms with Crippen molar-refractivity contribution in [1.29, 1.82) is 0 Å². The van der Waals surface area contributed by atoms with Gasteiger partial charge in [0.15, 0.2) is 0 Å². The molecule has 0 aromatic carbocycles. The van der Waals surface area contributed by atoms with E-state index in [0.29, 0.717) is 12.1 Å². The van der Waals surface area contributed by atoms with Crippen molar-refractivity contribution in [3.05, 3.63) is 11.1 Å². The molecule has 0 bridgehead atoms. The molecule has 2 heteroatoms. The van der Waals surface area contributed by atoms with Crippen LogP contribution in [0.2, 0.25) is 0 Å². The highest BCUT2D eigenvalue weighted by Crippen LogP contribution is 2.52. The van der Waals surface area contributed by atoms with E-state index in [1.54, 1.807) is 0 Å². The lowest BCUT2D eigenvalue weighted by molar-refractivity contribution is 0.103. The Labute approximate surface area is 149 Å². The molecule has 0 saturated heterocycles. The number of ether oxygens (including phenoxy) is 1. The molecule has 3 atom stereocenters. The number of hydrogen-bond donors (Lipinski definition) is 1. The summed E-state index contributed by atoms with van der Waals surface area (Å²) in [5.74, 6) is 0.842. The second-order valence-electron chi connectivity index (χ2n) is 8.90. The van der Waals surface area contributed by atoms with E-state index in [0.717, 1.165) is 11.3 Å². The molecule has 3 unspecified atom stereocenters. The minimum atomic E-state index is 0.407. The Bertz CT molecular complexity index is 435. The molecule has 0 aromatic rings. The molecule has 138 valence electrons. The quantitative estimate of drug-likeness (QED) is 0.610. The van der Waals surface area contributed by atoms with Gasteiger partial charge in [0.25, 0.3) is 0 Å². The molecule has 3 rings (SSSR count). The van der Waals surface area contributed by atoms with Crippen molar-refractivity contribution in [2.45, 2.75) is 103 Å². The lowest BCUT2D eigenvalue weighted by atomic mass is 9.67. The van der Waals surface area contributed by atoms with Crippen LogP contribution in [0, 0.1) is 11.3 Å². The Morgan fingerprint density at radius 3 is 2.67 bits per heavy atom. The summed E-state index contributed by atoms with van der Waals surface area (Å²) in [6, 6.07) is 0.676. The van der Waals surface area contributed by atoms with Crippen LogP contribution in [-0.4, -0.2) is 25.8 Å². The van der Waals surface area contributed by atoms with E-state index in [1.165, 1.54) is 83.6 Å². The van der Waals surface area contributed by atoms with E-state index < -0.39 is 0 Å². The zero-order valence-electron chi connectivity index (χ0n) is 16.3. The van der Waals surface area contributed by atoms with Crippen LogP contribution in [0.4, 0.5) is 0 Å². The largest absolute Gasteiger partial charge is 0.382 e. The highest BCUT2D eigenvalue weighted by molar-refractivity contribution is 5.28. The predicted octanol–water partition coefficient (Wildman–Crippen LogP) is 5.62. The van der Waals surface area contributed by atoms with Gasteiger partial charge in [0.05, 0.1) is 6.10 Å². The lowest BCUT2D eigenvalue weighted by Crippen LogP contribution is -2.41. The second kappa shape index (κ2) is 8.36. The topological polar surface area (TPSA) is 21.3 Å². The number of methoxy groups -OCH3 is 1. The average molecular weight is 334 g/mol. The minimum Gasteiger partial charge on any atom is -0.382 e. The van der Waals surface area contributed by atoms with Crippen LogP contribution in [0.1, 0.15) is 90.9 Å². The minimum absolute atomic E-state index is 0.407. The molecule has 1 aliphatic heterocycles. The second-order valence-corrected chi connectivity index (χ2v) is 8.90. The van der Waals surface area contributed by atoms with Crippen molar-refractivity contribution in [3.8, 4) is 0 Å². The van der Waals surface area contributed by atoms with Gasteiger partial charge in [-0.25, -0.2) is 0 Å². The van der Waals surface area contributed by atoms with Crippen LogP contribution in [-0.2, 0) is 4.74 Å². The maximum Gasteiger partial charge on any atom is 0.0543 e. The van der Waals surface area contributed by atoms with Crippen molar-refractivity contribution in [1.82, 2.24) is 5.32 Å². The van der Waals surface area contributed by atoms with Crippen LogP contribution in [0.25, 0.3) is 0 Å². The third-order valence-electron chi connectivity index (χ3n) is 7.40. The van der Waals surface area contributed by atoms with E-state index >= 15 is 0 Å². The smallest absolute Gasteiger partial charge is 0.0543 e. The summed E-state index contributed by atoms with van der Waals surface area (Å²) in [6.45, 7) is 5.79. The predicted molar refractivity (Wildman–Crippen MR) is 102 cm³/mol. The zero-order valence-corrected chi connectivity index (χ0v) is 16.3. The van der Waals surface area contributed by atoms with E-state index in [1.807, 2.05) is 18.3 Å². The van der Waals surface area contributed by atoms with Gasteiger partial charge in [0.2, 0.25) is 0 Å². The monoisotopic (exact) mass is 333 g/mol. The molecule has 0 aromatic heterocycles. The van der Waals surface area contributed by atoms with Crippen molar-refractivity contribution in [2.75, 3.05) is 13.7 Å². The van der Waals surface area contributed by atoms with Crippen molar-refractivity contribution in [3.63, 3.8) is 0 Å². The molecule has 1 heterocycles. The molecule has 2 aliphatic carbocycles. The molecule has 0 amide bonds. The molecular weight excluding hydrogens is 294 g/mol. The third kappa shape index (κ3) is 4.25. The van der Waals surface area contributed by atoms with Crippen LogP contribution < -0.4 is 5.32 Å². The molecule has 1 N–H and O–H groups in total. The van der Waals surface area contributed by atoms with Gasteiger partial charge < -0.3 is 10.1 Å². The van der Waals surface area contributed by atoms with Gasteiger partial charge in [-0.15, -0.1) is 0 Å². The summed E-state index contributed by atoms with van der Waals surface area (Å²) in [6.07, 6.45) is 17.2. The third-order valence-corrected chi connectivity index (χ3v) is 7.40. The molecule has 1 saturated carbocycles. The van der Waals surface area contributed by atoms with Crippen LogP contribution in [0.3, 0.4) is 0 Å². The van der Waals surface area contributed by atoms with Crippen molar-refractivity contribution >= 4 is 0 Å². The Morgan fingerprint density at radius 1 is 1.17 bits per heavy atom. The standard InChI is InChI=1S/C22H39NO/c1-4-18(8-7-17(2)24-3)15-21-20-9-13-22(11-5-6-12-22)16-19(20)10-14-23-21/h17-18,21,23H,4-16H2,1-3H3. The van der Waals surface area contributed by atoms with E-state index in [2.05, 4.69) is 19.2 Å². The van der Waals surface area contributed by atoms with Crippen LogP contribution in [0.5, 0.6) is 0 Å². The van der Waals surface area contributed by atoms with E-state index in [4.69, 9.17) is 4.74 Å². The molecule has 2 nitrogen and oxygen atoms in total. The first-order chi connectivity index (χ1) is 11.7. The fraction of sp³-hybridized carbons (Fsp3) is 0.909. The maximum absolute atomic E-state index is 5.45. The molecule has 0 radical (unpaired) electrons. The molecule has 1 fully saturated rings. The van der Waals surface area contributed by atoms with Gasteiger partial charge in [0, 0.05) is 13.2 Å². The summed E-state index contributed by atoms with van der Waals surface area (Å²) in [5.41, 5.74) is 4.42. The zero-order chi connectivity index (χ0) is 17.0. The molecular formula is C22H39NO.